The molecule has 0 amide bonds. The van der Waals surface area contributed by atoms with Crippen molar-refractivity contribution in [3.05, 3.63) is 69.2 Å². The molecule has 0 bridgehead atoms. The van der Waals surface area contributed by atoms with Crippen LogP contribution in [0.25, 0.3) is 10.9 Å². The van der Waals surface area contributed by atoms with E-state index in [1.54, 1.807) is 6.07 Å². The van der Waals surface area contributed by atoms with E-state index in [4.69, 9.17) is 0 Å². The van der Waals surface area contributed by atoms with Crippen molar-refractivity contribution in [2.75, 3.05) is 0 Å². The quantitative estimate of drug-likeness (QED) is 0.523. The van der Waals surface area contributed by atoms with Gasteiger partial charge in [0, 0.05) is 25.6 Å². The molecule has 0 fully saturated rings. The summed E-state index contributed by atoms with van der Waals surface area (Å²) in [4.78, 5) is 3.43. The molecule has 1 unspecified atom stereocenters. The Labute approximate surface area is 144 Å². The van der Waals surface area contributed by atoms with Gasteiger partial charge >= 0.3 is 0 Å². The minimum Gasteiger partial charge on any atom is -0.358 e. The Hall–Kier alpha value is -1.36. The fourth-order valence-corrected chi connectivity index (χ4v) is 3.35. The van der Waals surface area contributed by atoms with E-state index in [2.05, 4.69) is 72.6 Å². The van der Waals surface area contributed by atoms with Gasteiger partial charge in [-0.25, -0.2) is 4.39 Å². The molecule has 0 radical (unpaired) electrons. The van der Waals surface area contributed by atoms with Crippen LogP contribution in [0.15, 0.2) is 48.5 Å². The fraction of sp³-hybridized carbons (Fsp3) is 0.263. The van der Waals surface area contributed by atoms with Gasteiger partial charge in [-0.1, -0.05) is 32.0 Å². The number of hydrogen-bond donors (Lipinski definition) is 1. The largest absolute Gasteiger partial charge is 0.358 e. The van der Waals surface area contributed by atoms with Crippen molar-refractivity contribution in [2.45, 2.75) is 26.2 Å². The first-order chi connectivity index (χ1) is 10.4. The standard InChI is InChI=1S/C19H19FIN/c1-12(2)19(3,13-7-9-14(21)10-8-13)18-11-15-16(20)5-4-6-17(15)22-18/h4-12,22H,1-3H3. The minimum atomic E-state index is -0.185. The zero-order chi connectivity index (χ0) is 15.9. The molecular weight excluding hydrogens is 388 g/mol. The molecule has 0 aliphatic rings. The molecule has 1 nitrogen and oxygen atoms in total. The minimum absolute atomic E-state index is 0.172. The molecule has 0 aliphatic heterocycles. The lowest BCUT2D eigenvalue weighted by atomic mass is 9.71. The molecule has 0 aliphatic carbocycles. The van der Waals surface area contributed by atoms with E-state index in [0.717, 1.165) is 11.2 Å². The number of rotatable bonds is 3. The monoisotopic (exact) mass is 407 g/mol. The second-order valence-electron chi connectivity index (χ2n) is 6.25. The molecule has 1 heterocycles. The highest BCUT2D eigenvalue weighted by molar-refractivity contribution is 14.1. The molecule has 0 spiro atoms. The Morgan fingerprint density at radius 1 is 1.09 bits per heavy atom. The first-order valence-electron chi connectivity index (χ1n) is 7.46. The molecule has 1 atom stereocenters. The van der Waals surface area contributed by atoms with Crippen molar-refractivity contribution in [2.24, 2.45) is 5.92 Å². The van der Waals surface area contributed by atoms with Crippen LogP contribution < -0.4 is 0 Å². The average molecular weight is 407 g/mol. The highest BCUT2D eigenvalue weighted by Crippen LogP contribution is 2.40. The number of H-pyrrole nitrogens is 1. The zero-order valence-electron chi connectivity index (χ0n) is 13.0. The van der Waals surface area contributed by atoms with E-state index in [-0.39, 0.29) is 11.2 Å². The van der Waals surface area contributed by atoms with Gasteiger partial charge in [-0.15, -0.1) is 0 Å². The maximum absolute atomic E-state index is 14.0. The van der Waals surface area contributed by atoms with E-state index in [1.807, 2.05) is 12.1 Å². The predicted molar refractivity (Wildman–Crippen MR) is 98.7 cm³/mol. The Morgan fingerprint density at radius 2 is 1.77 bits per heavy atom. The van der Waals surface area contributed by atoms with Gasteiger partial charge in [-0.2, -0.15) is 0 Å². The number of fused-ring (bicyclic) bond motifs is 1. The van der Waals surface area contributed by atoms with Crippen molar-refractivity contribution in [3.8, 4) is 0 Å². The molecule has 22 heavy (non-hydrogen) atoms. The highest BCUT2D eigenvalue weighted by atomic mass is 127. The third kappa shape index (κ3) is 2.45. The van der Waals surface area contributed by atoms with Crippen LogP contribution in [-0.2, 0) is 5.41 Å². The first kappa shape index (κ1) is 15.5. The maximum Gasteiger partial charge on any atom is 0.132 e. The highest BCUT2D eigenvalue weighted by Gasteiger charge is 2.34. The average Bonchev–Trinajstić information content (AvgIpc) is 2.93. The number of hydrogen-bond acceptors (Lipinski definition) is 0. The molecule has 1 N–H and O–H groups in total. The third-order valence-corrected chi connectivity index (χ3v) is 5.49. The molecule has 3 heteroatoms. The summed E-state index contributed by atoms with van der Waals surface area (Å²) in [6, 6.07) is 15.7. The van der Waals surface area contributed by atoms with E-state index >= 15 is 0 Å². The predicted octanol–water partition coefficient (Wildman–Crippen LogP) is 5.87. The van der Waals surface area contributed by atoms with Crippen molar-refractivity contribution >= 4 is 33.5 Å². The zero-order valence-corrected chi connectivity index (χ0v) is 15.1. The van der Waals surface area contributed by atoms with Crippen LogP contribution in [-0.4, -0.2) is 4.98 Å². The molecule has 114 valence electrons. The Bertz CT molecular complexity index is 804. The van der Waals surface area contributed by atoms with Crippen molar-refractivity contribution in [3.63, 3.8) is 0 Å². The summed E-state index contributed by atoms with van der Waals surface area (Å²) in [5, 5.41) is 0.662. The van der Waals surface area contributed by atoms with Crippen LogP contribution in [0.5, 0.6) is 0 Å². The van der Waals surface area contributed by atoms with Crippen molar-refractivity contribution in [1.82, 2.24) is 4.98 Å². The summed E-state index contributed by atoms with van der Waals surface area (Å²) in [5.74, 6) is 0.206. The third-order valence-electron chi connectivity index (χ3n) is 4.77. The summed E-state index contributed by atoms with van der Waals surface area (Å²) in [6.07, 6.45) is 0. The Balaban J connectivity index is 2.21. The maximum atomic E-state index is 14.0. The fourth-order valence-electron chi connectivity index (χ4n) is 2.99. The molecule has 3 rings (SSSR count). The van der Waals surface area contributed by atoms with Gasteiger partial charge < -0.3 is 4.98 Å². The summed E-state index contributed by atoms with van der Waals surface area (Å²) >= 11 is 2.32. The number of halogens is 2. The van der Waals surface area contributed by atoms with Gasteiger partial charge in [0.2, 0.25) is 0 Å². The van der Waals surface area contributed by atoms with E-state index in [0.29, 0.717) is 11.3 Å². The lowest BCUT2D eigenvalue weighted by molar-refractivity contribution is 0.397. The van der Waals surface area contributed by atoms with Gasteiger partial charge in [0.1, 0.15) is 5.82 Å². The van der Waals surface area contributed by atoms with Crippen molar-refractivity contribution < 1.29 is 4.39 Å². The summed E-state index contributed by atoms with van der Waals surface area (Å²) in [6.45, 7) is 6.64. The molecular formula is C19H19FIN. The normalized spacial score (nSPS) is 14.5. The van der Waals surface area contributed by atoms with E-state index in [9.17, 15) is 4.39 Å². The number of aromatic nitrogens is 1. The number of nitrogens with one attached hydrogen (secondary N) is 1. The van der Waals surface area contributed by atoms with Gasteiger partial charge in [0.05, 0.1) is 0 Å². The number of aromatic amines is 1. The molecule has 2 aromatic carbocycles. The van der Waals surface area contributed by atoms with E-state index < -0.39 is 0 Å². The summed E-state index contributed by atoms with van der Waals surface area (Å²) in [5.41, 5.74) is 2.97. The topological polar surface area (TPSA) is 15.8 Å². The van der Waals surface area contributed by atoms with Crippen LogP contribution in [0.4, 0.5) is 4.39 Å². The van der Waals surface area contributed by atoms with Crippen LogP contribution in [0, 0.1) is 15.3 Å². The summed E-state index contributed by atoms with van der Waals surface area (Å²) < 4.78 is 15.2. The smallest absolute Gasteiger partial charge is 0.132 e. The molecule has 3 aromatic rings. The second-order valence-corrected chi connectivity index (χ2v) is 7.49. The van der Waals surface area contributed by atoms with E-state index in [1.165, 1.54) is 15.2 Å². The van der Waals surface area contributed by atoms with Gasteiger partial charge in [-0.3, -0.25) is 0 Å². The summed E-state index contributed by atoms with van der Waals surface area (Å²) in [7, 11) is 0. The lowest BCUT2D eigenvalue weighted by Gasteiger charge is -2.34. The van der Waals surface area contributed by atoms with Crippen LogP contribution in [0.2, 0.25) is 0 Å². The first-order valence-corrected chi connectivity index (χ1v) is 8.54. The van der Waals surface area contributed by atoms with Crippen LogP contribution in [0.3, 0.4) is 0 Å². The van der Waals surface area contributed by atoms with Crippen LogP contribution >= 0.6 is 22.6 Å². The van der Waals surface area contributed by atoms with Crippen LogP contribution in [0.1, 0.15) is 32.0 Å². The molecule has 1 aromatic heterocycles. The second kappa shape index (κ2) is 5.69. The van der Waals surface area contributed by atoms with Gasteiger partial charge in [-0.05, 0) is 71.3 Å². The lowest BCUT2D eigenvalue weighted by Crippen LogP contribution is -2.30. The Kier molecular flexibility index (Phi) is 4.02. The van der Waals surface area contributed by atoms with Gasteiger partial charge in [0.25, 0.3) is 0 Å². The SMILES string of the molecule is CC(C)C(C)(c1ccc(I)cc1)c1cc2c(F)cccc2[nH]1. The van der Waals surface area contributed by atoms with Crippen molar-refractivity contribution in [1.29, 1.82) is 0 Å². The van der Waals surface area contributed by atoms with Gasteiger partial charge in [0.15, 0.2) is 0 Å². The molecule has 0 saturated heterocycles. The Morgan fingerprint density at radius 3 is 2.36 bits per heavy atom. The number of benzene rings is 2. The molecule has 0 saturated carbocycles.